The second-order valence-corrected chi connectivity index (χ2v) is 23.7. The lowest BCUT2D eigenvalue weighted by molar-refractivity contribution is -0.870. The van der Waals surface area contributed by atoms with Crippen LogP contribution in [0.2, 0.25) is 0 Å². The first kappa shape index (κ1) is 84.9. The highest BCUT2D eigenvalue weighted by atomic mass is 16.7. The van der Waals surface area contributed by atoms with Gasteiger partial charge in [0.05, 0.1) is 40.3 Å². The quantitative estimate of drug-likeness (QED) is 0.0195. The summed E-state index contributed by atoms with van der Waals surface area (Å²) in [7, 11) is 5.90. The van der Waals surface area contributed by atoms with E-state index in [1.807, 2.05) is 21.1 Å². The number of hydrogen-bond acceptors (Lipinski definition) is 8. The third-order valence-electron chi connectivity index (χ3n) is 14.0. The van der Waals surface area contributed by atoms with Gasteiger partial charge in [-0.15, -0.1) is 0 Å². The molecule has 0 heterocycles. The van der Waals surface area contributed by atoms with Gasteiger partial charge in [0.2, 0.25) is 0 Å². The van der Waals surface area contributed by atoms with E-state index in [2.05, 4.69) is 220 Å². The van der Waals surface area contributed by atoms with Crippen molar-refractivity contribution in [2.45, 2.75) is 245 Å². The number of quaternary nitrogens is 1. The van der Waals surface area contributed by atoms with Gasteiger partial charge in [0.15, 0.2) is 12.4 Å². The van der Waals surface area contributed by atoms with E-state index in [0.29, 0.717) is 17.4 Å². The minimum Gasteiger partial charge on any atom is -0.545 e. The molecule has 0 rings (SSSR count). The summed E-state index contributed by atoms with van der Waals surface area (Å²) in [6.45, 7) is 4.44. The Kier molecular flexibility index (Phi) is 65.1. The number of aliphatic carboxylic acids is 1. The summed E-state index contributed by atoms with van der Waals surface area (Å²) in [5.41, 5.74) is 0. The summed E-state index contributed by atoms with van der Waals surface area (Å²) in [6, 6.07) is 0. The van der Waals surface area contributed by atoms with Gasteiger partial charge < -0.3 is 33.3 Å². The first-order chi connectivity index (χ1) is 44.6. The summed E-state index contributed by atoms with van der Waals surface area (Å²) in [4.78, 5) is 37.5. The lowest BCUT2D eigenvalue weighted by Crippen LogP contribution is -2.44. The molecular formula is C82H127NO8. The largest absolute Gasteiger partial charge is 0.545 e. The molecule has 0 N–H and O–H groups in total. The average molecular weight is 1250 g/mol. The smallest absolute Gasteiger partial charge is 0.306 e. The van der Waals surface area contributed by atoms with Gasteiger partial charge in [-0.25, -0.2) is 0 Å². The van der Waals surface area contributed by atoms with Gasteiger partial charge in [0.1, 0.15) is 13.2 Å². The van der Waals surface area contributed by atoms with E-state index in [1.165, 1.54) is 44.9 Å². The molecule has 0 aromatic carbocycles. The maximum Gasteiger partial charge on any atom is 0.306 e. The van der Waals surface area contributed by atoms with Gasteiger partial charge in [-0.1, -0.05) is 278 Å². The molecule has 9 nitrogen and oxygen atoms in total. The van der Waals surface area contributed by atoms with Crippen molar-refractivity contribution < 1.29 is 42.9 Å². The van der Waals surface area contributed by atoms with E-state index >= 15 is 0 Å². The van der Waals surface area contributed by atoms with Crippen LogP contribution in [0.3, 0.4) is 0 Å². The molecule has 0 aliphatic rings. The molecule has 508 valence electrons. The minimum absolute atomic E-state index is 0.127. The molecule has 0 aliphatic heterocycles. The van der Waals surface area contributed by atoms with Crippen LogP contribution in [-0.2, 0) is 33.3 Å². The number of carbonyl (C=O) groups is 3. The maximum atomic E-state index is 12.9. The predicted molar refractivity (Wildman–Crippen MR) is 388 cm³/mol. The number of esters is 2. The molecule has 0 spiro atoms. The Balaban J connectivity index is 4.29. The van der Waals surface area contributed by atoms with E-state index in [4.69, 9.17) is 18.9 Å². The summed E-state index contributed by atoms with van der Waals surface area (Å²) >= 11 is 0. The zero-order valence-electron chi connectivity index (χ0n) is 57.9. The fraction of sp³-hybridized carbons (Fsp3) is 0.549. The van der Waals surface area contributed by atoms with Crippen molar-refractivity contribution in [1.29, 1.82) is 0 Å². The number of nitrogens with zero attached hydrogens (tertiary/aromatic N) is 1. The fourth-order valence-corrected chi connectivity index (χ4v) is 8.72. The summed E-state index contributed by atoms with van der Waals surface area (Å²) in [5, 5.41) is 11.8. The second-order valence-electron chi connectivity index (χ2n) is 23.7. The molecule has 0 fully saturated rings. The minimum atomic E-state index is -1.65. The van der Waals surface area contributed by atoms with Gasteiger partial charge >= 0.3 is 11.9 Å². The monoisotopic (exact) mass is 1250 g/mol. The van der Waals surface area contributed by atoms with Crippen molar-refractivity contribution in [2.24, 2.45) is 0 Å². The summed E-state index contributed by atoms with van der Waals surface area (Å²) in [5.74, 6) is -2.37. The number of carbonyl (C=O) groups excluding carboxylic acids is 3. The van der Waals surface area contributed by atoms with Gasteiger partial charge in [0, 0.05) is 12.8 Å². The summed E-state index contributed by atoms with van der Waals surface area (Å²) < 4.78 is 22.7. The van der Waals surface area contributed by atoms with Crippen molar-refractivity contribution in [2.75, 3.05) is 47.5 Å². The van der Waals surface area contributed by atoms with E-state index < -0.39 is 24.3 Å². The van der Waals surface area contributed by atoms with Crippen LogP contribution in [-0.4, -0.2) is 82.3 Å². The molecule has 0 saturated carbocycles. The molecule has 9 heteroatoms. The Morgan fingerprint density at radius 3 is 0.901 bits per heavy atom. The lowest BCUT2D eigenvalue weighted by atomic mass is 10.0. The van der Waals surface area contributed by atoms with Crippen LogP contribution in [0.1, 0.15) is 232 Å². The van der Waals surface area contributed by atoms with E-state index in [-0.39, 0.29) is 38.6 Å². The number of allylic oxidation sites excluding steroid dienone is 34. The van der Waals surface area contributed by atoms with Crippen LogP contribution < -0.4 is 5.11 Å². The molecule has 2 atom stereocenters. The molecule has 0 aromatic heterocycles. The van der Waals surface area contributed by atoms with E-state index in [9.17, 15) is 19.5 Å². The van der Waals surface area contributed by atoms with Gasteiger partial charge in [0.25, 0.3) is 0 Å². The molecule has 0 bridgehead atoms. The predicted octanol–water partition coefficient (Wildman–Crippen LogP) is 21.0. The number of likely N-dealkylation sites (N-methyl/N-ethyl adjacent to an activating group) is 1. The third kappa shape index (κ3) is 71.2. The van der Waals surface area contributed by atoms with Crippen molar-refractivity contribution in [3.05, 3.63) is 207 Å². The topological polar surface area (TPSA) is 111 Å². The Morgan fingerprint density at radius 1 is 0.330 bits per heavy atom. The Hall–Kier alpha value is -6.13. The highest BCUT2D eigenvalue weighted by Gasteiger charge is 2.22. The first-order valence-corrected chi connectivity index (χ1v) is 35.2. The van der Waals surface area contributed by atoms with Gasteiger partial charge in [-0.05, 0) is 148 Å². The van der Waals surface area contributed by atoms with Crippen LogP contribution in [0.5, 0.6) is 0 Å². The summed E-state index contributed by atoms with van der Waals surface area (Å²) in [6.07, 6.45) is 106. The van der Waals surface area contributed by atoms with Crippen molar-refractivity contribution in [1.82, 2.24) is 0 Å². The van der Waals surface area contributed by atoms with Crippen molar-refractivity contribution >= 4 is 17.9 Å². The zero-order valence-corrected chi connectivity index (χ0v) is 57.9. The highest BCUT2D eigenvalue weighted by molar-refractivity contribution is 5.70. The molecule has 0 radical (unpaired) electrons. The first-order valence-electron chi connectivity index (χ1n) is 35.2. The fourth-order valence-electron chi connectivity index (χ4n) is 8.72. The van der Waals surface area contributed by atoms with Crippen LogP contribution in [0.15, 0.2) is 207 Å². The van der Waals surface area contributed by atoms with E-state index in [0.717, 1.165) is 154 Å². The SMILES string of the molecule is CC/C=C\C/C=C\C/C=C\C/C=C\C/C=C\C/C=C\C/C=C\C/C=C\C/C=C\C/C=C\CCCCC(=O)OC(COC(=O)CCCCCCCCCCCCC/C=C\C/C=C\C/C=C\C/C=C\C/C=C\C/C=C\C/C=C\CC)COC(OCC[N+](C)(C)C)C(=O)[O-]. The number of carboxylic acid groups (broad SMARTS) is 1. The number of unbranched alkanes of at least 4 members (excludes halogenated alkanes) is 13. The van der Waals surface area contributed by atoms with E-state index in [1.54, 1.807) is 0 Å². The molecule has 0 aliphatic carbocycles. The Morgan fingerprint density at radius 2 is 0.593 bits per heavy atom. The Bertz CT molecular complexity index is 2250. The van der Waals surface area contributed by atoms with Crippen LogP contribution in [0, 0.1) is 0 Å². The molecule has 0 saturated heterocycles. The maximum absolute atomic E-state index is 12.9. The molecular weight excluding hydrogens is 1130 g/mol. The molecule has 2 unspecified atom stereocenters. The second kappa shape index (κ2) is 69.8. The number of rotatable bonds is 62. The average Bonchev–Trinajstić information content (AvgIpc) is 3.46. The third-order valence-corrected chi connectivity index (χ3v) is 14.0. The van der Waals surface area contributed by atoms with Gasteiger partial charge in [-0.2, -0.15) is 0 Å². The van der Waals surface area contributed by atoms with Crippen LogP contribution in [0.4, 0.5) is 0 Å². The molecule has 0 amide bonds. The van der Waals surface area contributed by atoms with Gasteiger partial charge in [-0.3, -0.25) is 9.59 Å². The molecule has 0 aromatic rings. The van der Waals surface area contributed by atoms with Crippen molar-refractivity contribution in [3.8, 4) is 0 Å². The number of hydrogen-bond donors (Lipinski definition) is 0. The van der Waals surface area contributed by atoms with Crippen LogP contribution >= 0.6 is 0 Å². The normalized spacial score (nSPS) is 14.0. The Labute approximate surface area is 556 Å². The van der Waals surface area contributed by atoms with Crippen molar-refractivity contribution in [3.63, 3.8) is 0 Å². The van der Waals surface area contributed by atoms with Crippen LogP contribution in [0.25, 0.3) is 0 Å². The highest BCUT2D eigenvalue weighted by Crippen LogP contribution is 2.14. The number of ether oxygens (including phenoxy) is 4. The number of carboxylic acids is 1. The zero-order chi connectivity index (χ0) is 66.1. The lowest BCUT2D eigenvalue weighted by Gasteiger charge is -2.26. The standard InChI is InChI=1S/C82H127NO8/c1-6-8-10-12-14-16-18-20-22-24-26-28-30-32-34-36-38-40-42-44-46-48-50-52-54-56-58-60-62-64-66-68-70-72-79(84)89-76-78(77-90-82(81(86)87)88-75-74-83(3,4)5)91-80(85)73-71-69-67-65-63-61-59-57-55-53-51-49-47-45-43-41-39-37-35-33-31-29-27-25-23-21-19-17-15-13-11-9-7-2/h8-11,14-17,20-23,26-29,32-35,38-41,44-47,51,53,57,59,63,65,78,82H,6-7,12-13,18-19,24-25,30-31,36-37,42-43,48-50,52,54-56,58,60-62,64,66-77H2,1-5H3/b10-8-,11-9-,16-14-,17-15-,22-20-,23-21-,28-26-,29-27-,34-32-,35-33-,40-38-,41-39-,46-44-,47-45-,53-51-,59-57-,65-63-. The molecule has 91 heavy (non-hydrogen) atoms.